The van der Waals surface area contributed by atoms with Crippen LogP contribution < -0.4 is 16.8 Å². The molecule has 0 aliphatic carbocycles. The second-order valence-corrected chi connectivity index (χ2v) is 3.19. The lowest BCUT2D eigenvalue weighted by Gasteiger charge is -2.08. The monoisotopic (exact) mass is 207 g/mol. The van der Waals surface area contributed by atoms with Gasteiger partial charge in [0.1, 0.15) is 0 Å². The van der Waals surface area contributed by atoms with Crippen LogP contribution in [0.1, 0.15) is 15.9 Å². The SMILES string of the molecule is Cc1cccc(N)c1C(=O)NCC(N)=O. The number of aryl methyl sites for hydroxylation is 1. The Balaban J connectivity index is 2.86. The number of nitrogen functional groups attached to an aromatic ring is 1. The van der Waals surface area contributed by atoms with Crippen LogP contribution in [0, 0.1) is 6.92 Å². The maximum Gasteiger partial charge on any atom is 0.254 e. The third-order valence-electron chi connectivity index (χ3n) is 1.96. The fraction of sp³-hybridized carbons (Fsp3) is 0.200. The third-order valence-corrected chi connectivity index (χ3v) is 1.96. The highest BCUT2D eigenvalue weighted by Crippen LogP contribution is 2.15. The number of anilines is 1. The average Bonchev–Trinajstić information content (AvgIpc) is 2.14. The zero-order valence-electron chi connectivity index (χ0n) is 8.41. The molecule has 0 heterocycles. The molecule has 0 atom stereocenters. The Hall–Kier alpha value is -2.04. The van der Waals surface area contributed by atoms with Crippen LogP contribution in [0.5, 0.6) is 0 Å². The number of hydrogen-bond acceptors (Lipinski definition) is 3. The number of hydrogen-bond donors (Lipinski definition) is 3. The van der Waals surface area contributed by atoms with Crippen molar-refractivity contribution < 1.29 is 9.59 Å². The predicted octanol–water partition coefficient (Wildman–Crippen LogP) is -0.208. The molecule has 5 N–H and O–H groups in total. The molecule has 15 heavy (non-hydrogen) atoms. The van der Waals surface area contributed by atoms with Crippen molar-refractivity contribution in [2.75, 3.05) is 12.3 Å². The molecule has 0 spiro atoms. The number of amides is 2. The molecule has 1 rings (SSSR count). The van der Waals surface area contributed by atoms with Crippen LogP contribution in [-0.2, 0) is 4.79 Å². The molecule has 0 saturated heterocycles. The quantitative estimate of drug-likeness (QED) is 0.598. The number of primary amides is 1. The fourth-order valence-corrected chi connectivity index (χ4v) is 1.26. The summed E-state index contributed by atoms with van der Waals surface area (Å²) in [5.74, 6) is -0.972. The summed E-state index contributed by atoms with van der Waals surface area (Å²) in [7, 11) is 0. The number of carbonyl (C=O) groups is 2. The second-order valence-electron chi connectivity index (χ2n) is 3.19. The molecule has 1 aromatic carbocycles. The van der Waals surface area contributed by atoms with Gasteiger partial charge in [0.15, 0.2) is 0 Å². The molecule has 5 heteroatoms. The number of nitrogens with one attached hydrogen (secondary N) is 1. The van der Waals surface area contributed by atoms with E-state index in [9.17, 15) is 9.59 Å². The first kappa shape index (κ1) is 11.0. The van der Waals surface area contributed by atoms with Crippen LogP contribution in [0.3, 0.4) is 0 Å². The van der Waals surface area contributed by atoms with Gasteiger partial charge in [-0.25, -0.2) is 0 Å². The molecule has 0 radical (unpaired) electrons. The highest BCUT2D eigenvalue weighted by Gasteiger charge is 2.12. The molecule has 0 aliphatic rings. The summed E-state index contributed by atoms with van der Waals surface area (Å²) >= 11 is 0. The zero-order valence-corrected chi connectivity index (χ0v) is 8.41. The minimum absolute atomic E-state index is 0.188. The van der Waals surface area contributed by atoms with Crippen molar-refractivity contribution in [2.45, 2.75) is 6.92 Å². The van der Waals surface area contributed by atoms with Gasteiger partial charge < -0.3 is 16.8 Å². The van der Waals surface area contributed by atoms with Crippen LogP contribution in [0.15, 0.2) is 18.2 Å². The van der Waals surface area contributed by atoms with Gasteiger partial charge in [0.25, 0.3) is 5.91 Å². The summed E-state index contributed by atoms with van der Waals surface area (Å²) < 4.78 is 0. The van der Waals surface area contributed by atoms with E-state index in [-0.39, 0.29) is 12.5 Å². The van der Waals surface area contributed by atoms with Crippen molar-refractivity contribution in [3.63, 3.8) is 0 Å². The van der Waals surface area contributed by atoms with Gasteiger partial charge in [0, 0.05) is 5.69 Å². The third kappa shape index (κ3) is 2.70. The molecule has 0 bridgehead atoms. The number of benzene rings is 1. The van der Waals surface area contributed by atoms with Crippen molar-refractivity contribution >= 4 is 17.5 Å². The minimum Gasteiger partial charge on any atom is -0.398 e. The molecule has 0 saturated carbocycles. The van der Waals surface area contributed by atoms with Gasteiger partial charge in [-0.05, 0) is 18.6 Å². The van der Waals surface area contributed by atoms with Crippen molar-refractivity contribution in [3.05, 3.63) is 29.3 Å². The minimum atomic E-state index is -0.587. The van der Waals surface area contributed by atoms with Gasteiger partial charge in [-0.3, -0.25) is 9.59 Å². The summed E-state index contributed by atoms with van der Waals surface area (Å²) in [5.41, 5.74) is 12.1. The number of rotatable bonds is 3. The number of carbonyl (C=O) groups excluding carboxylic acids is 2. The Morgan fingerprint density at radius 2 is 2.07 bits per heavy atom. The van der Waals surface area contributed by atoms with E-state index in [0.717, 1.165) is 5.56 Å². The largest absolute Gasteiger partial charge is 0.398 e. The summed E-state index contributed by atoms with van der Waals surface area (Å²) in [6, 6.07) is 5.16. The first-order chi connectivity index (χ1) is 7.02. The molecule has 2 amide bonds. The molecule has 0 unspecified atom stereocenters. The predicted molar refractivity (Wildman–Crippen MR) is 57.1 cm³/mol. The van der Waals surface area contributed by atoms with E-state index in [0.29, 0.717) is 11.3 Å². The lowest BCUT2D eigenvalue weighted by molar-refractivity contribution is -0.117. The molecule has 0 aliphatic heterocycles. The van der Waals surface area contributed by atoms with Crippen LogP contribution in [0.2, 0.25) is 0 Å². The highest BCUT2D eigenvalue weighted by molar-refractivity contribution is 6.01. The summed E-state index contributed by atoms with van der Waals surface area (Å²) in [4.78, 5) is 22.1. The van der Waals surface area contributed by atoms with Gasteiger partial charge in [-0.1, -0.05) is 12.1 Å². The fourth-order valence-electron chi connectivity index (χ4n) is 1.26. The van der Waals surface area contributed by atoms with Gasteiger partial charge >= 0.3 is 0 Å². The number of nitrogens with two attached hydrogens (primary N) is 2. The standard InChI is InChI=1S/C10H13N3O2/c1-6-3-2-4-7(11)9(6)10(15)13-5-8(12)14/h2-4H,5,11H2,1H3,(H2,12,14)(H,13,15). The van der Waals surface area contributed by atoms with E-state index in [2.05, 4.69) is 5.32 Å². The molecule has 0 fully saturated rings. The Labute approximate surface area is 87.4 Å². The Morgan fingerprint density at radius 1 is 1.40 bits per heavy atom. The Bertz CT molecular complexity index is 381. The molecular formula is C10H13N3O2. The van der Waals surface area contributed by atoms with E-state index in [1.54, 1.807) is 25.1 Å². The molecule has 0 aromatic heterocycles. The first-order valence-corrected chi connectivity index (χ1v) is 4.44. The molecule has 5 nitrogen and oxygen atoms in total. The van der Waals surface area contributed by atoms with Gasteiger partial charge in [-0.15, -0.1) is 0 Å². The van der Waals surface area contributed by atoms with E-state index >= 15 is 0 Å². The van der Waals surface area contributed by atoms with Crippen molar-refractivity contribution in [3.8, 4) is 0 Å². The van der Waals surface area contributed by atoms with E-state index in [4.69, 9.17) is 11.5 Å². The second kappa shape index (κ2) is 4.45. The maximum absolute atomic E-state index is 11.6. The average molecular weight is 207 g/mol. The van der Waals surface area contributed by atoms with E-state index < -0.39 is 5.91 Å². The zero-order chi connectivity index (χ0) is 11.4. The lowest BCUT2D eigenvalue weighted by Crippen LogP contribution is -2.34. The summed E-state index contributed by atoms with van der Waals surface area (Å²) in [6.07, 6.45) is 0. The van der Waals surface area contributed by atoms with Crippen molar-refractivity contribution in [1.29, 1.82) is 0 Å². The van der Waals surface area contributed by atoms with Crippen molar-refractivity contribution in [2.24, 2.45) is 5.73 Å². The first-order valence-electron chi connectivity index (χ1n) is 4.44. The summed E-state index contributed by atoms with van der Waals surface area (Å²) in [6.45, 7) is 1.59. The van der Waals surface area contributed by atoms with Crippen LogP contribution >= 0.6 is 0 Å². The van der Waals surface area contributed by atoms with Crippen LogP contribution in [-0.4, -0.2) is 18.4 Å². The van der Waals surface area contributed by atoms with Gasteiger partial charge in [0.05, 0.1) is 12.1 Å². The Kier molecular flexibility index (Phi) is 3.28. The highest BCUT2D eigenvalue weighted by atomic mass is 16.2. The normalized spacial score (nSPS) is 9.67. The molecule has 80 valence electrons. The lowest BCUT2D eigenvalue weighted by atomic mass is 10.1. The molecular weight excluding hydrogens is 194 g/mol. The van der Waals surface area contributed by atoms with Gasteiger partial charge in [-0.2, -0.15) is 0 Å². The molecule has 1 aromatic rings. The van der Waals surface area contributed by atoms with Crippen LogP contribution in [0.25, 0.3) is 0 Å². The Morgan fingerprint density at radius 3 is 2.60 bits per heavy atom. The van der Waals surface area contributed by atoms with Gasteiger partial charge in [0.2, 0.25) is 5.91 Å². The smallest absolute Gasteiger partial charge is 0.254 e. The topological polar surface area (TPSA) is 98.2 Å². The maximum atomic E-state index is 11.6. The van der Waals surface area contributed by atoms with Crippen LogP contribution in [0.4, 0.5) is 5.69 Å². The van der Waals surface area contributed by atoms with E-state index in [1.807, 2.05) is 0 Å². The summed E-state index contributed by atoms with van der Waals surface area (Å²) in [5, 5.41) is 2.39. The van der Waals surface area contributed by atoms with Crippen molar-refractivity contribution in [1.82, 2.24) is 5.32 Å². The van der Waals surface area contributed by atoms with E-state index in [1.165, 1.54) is 0 Å².